The number of fused-ring (bicyclic) bond motifs is 1. The molecule has 3 heterocycles. The van der Waals surface area contributed by atoms with Crippen molar-refractivity contribution in [2.45, 2.75) is 13.5 Å². The Kier molecular flexibility index (Phi) is 6.91. The SMILES string of the molecule is COc1ccccc1NC(=O)Cn1cnc2sc(C(=O)N3CCN(c4ccccc4)CC3)c(C)c2c1=O. The van der Waals surface area contributed by atoms with E-state index in [1.807, 2.05) is 23.1 Å². The second-order valence-corrected chi connectivity index (χ2v) is 9.78. The molecule has 2 aromatic heterocycles. The molecule has 9 nitrogen and oxygen atoms in total. The number of amides is 2. The first-order valence-corrected chi connectivity index (χ1v) is 12.8. The molecule has 1 aliphatic heterocycles. The van der Waals surface area contributed by atoms with Gasteiger partial charge in [0, 0.05) is 31.9 Å². The van der Waals surface area contributed by atoms with Crippen molar-refractivity contribution in [2.24, 2.45) is 0 Å². The van der Waals surface area contributed by atoms with Gasteiger partial charge in [0.15, 0.2) is 0 Å². The first kappa shape index (κ1) is 24.5. The Balaban J connectivity index is 1.32. The number of thiophene rings is 1. The molecular formula is C27H27N5O4S. The standard InChI is InChI=1S/C27H27N5O4S/c1-18-23-25(28-17-32(26(23)34)16-22(33)29-20-10-6-7-11-21(20)36-2)37-24(18)27(35)31-14-12-30(13-15-31)19-8-4-3-5-9-19/h3-11,17H,12-16H2,1-2H3,(H,29,33). The monoisotopic (exact) mass is 517 g/mol. The van der Waals surface area contributed by atoms with Crippen LogP contribution in [0, 0.1) is 6.92 Å². The number of hydrogen-bond acceptors (Lipinski definition) is 7. The van der Waals surface area contributed by atoms with E-state index in [-0.39, 0.29) is 23.9 Å². The maximum atomic E-state index is 13.4. The fraction of sp³-hybridized carbons (Fsp3) is 0.259. The number of aromatic nitrogens is 2. The first-order valence-electron chi connectivity index (χ1n) is 12.0. The second kappa shape index (κ2) is 10.4. The summed E-state index contributed by atoms with van der Waals surface area (Å²) in [7, 11) is 1.52. The molecule has 0 atom stereocenters. The lowest BCUT2D eigenvalue weighted by molar-refractivity contribution is -0.116. The molecule has 2 amide bonds. The number of nitrogens with zero attached hydrogens (tertiary/aromatic N) is 4. The topological polar surface area (TPSA) is 96.8 Å². The molecule has 5 rings (SSSR count). The van der Waals surface area contributed by atoms with Gasteiger partial charge in [0.25, 0.3) is 11.5 Å². The minimum absolute atomic E-state index is 0.0897. The van der Waals surface area contributed by atoms with Crippen LogP contribution in [0.4, 0.5) is 11.4 Å². The molecule has 0 radical (unpaired) electrons. The van der Waals surface area contributed by atoms with Crippen molar-refractivity contribution in [3.8, 4) is 5.75 Å². The number of nitrogens with one attached hydrogen (secondary N) is 1. The zero-order chi connectivity index (χ0) is 25.9. The van der Waals surface area contributed by atoms with Crippen molar-refractivity contribution in [3.63, 3.8) is 0 Å². The molecular weight excluding hydrogens is 490 g/mol. The molecule has 0 aliphatic carbocycles. The van der Waals surface area contributed by atoms with Gasteiger partial charge < -0.3 is 19.9 Å². The van der Waals surface area contributed by atoms with Crippen LogP contribution in [0.5, 0.6) is 5.75 Å². The molecule has 1 aliphatic rings. The Bertz CT molecular complexity index is 1510. The van der Waals surface area contributed by atoms with Crippen LogP contribution in [0.1, 0.15) is 15.2 Å². The number of methoxy groups -OCH3 is 1. The number of benzene rings is 2. The van der Waals surface area contributed by atoms with Gasteiger partial charge >= 0.3 is 0 Å². The van der Waals surface area contributed by atoms with Crippen molar-refractivity contribution in [1.29, 1.82) is 0 Å². The predicted molar refractivity (Wildman–Crippen MR) is 145 cm³/mol. The van der Waals surface area contributed by atoms with Crippen LogP contribution >= 0.6 is 11.3 Å². The molecule has 0 bridgehead atoms. The Labute approximate surface area is 217 Å². The van der Waals surface area contributed by atoms with Crippen LogP contribution in [0.3, 0.4) is 0 Å². The fourth-order valence-corrected chi connectivity index (χ4v) is 5.63. The molecule has 10 heteroatoms. The summed E-state index contributed by atoms with van der Waals surface area (Å²) in [6.07, 6.45) is 1.36. The number of carbonyl (C=O) groups excluding carboxylic acids is 2. The molecule has 1 fully saturated rings. The minimum Gasteiger partial charge on any atom is -0.495 e. The number of para-hydroxylation sites is 3. The fourth-order valence-electron chi connectivity index (χ4n) is 4.52. The molecule has 0 unspecified atom stereocenters. The van der Waals surface area contributed by atoms with E-state index in [9.17, 15) is 14.4 Å². The average Bonchev–Trinajstić information content (AvgIpc) is 3.27. The number of rotatable bonds is 6. The third-order valence-electron chi connectivity index (χ3n) is 6.49. The quantitative estimate of drug-likeness (QED) is 0.421. The molecule has 0 saturated carbocycles. The summed E-state index contributed by atoms with van der Waals surface area (Å²) >= 11 is 1.23. The number of ether oxygens (including phenoxy) is 1. The Morgan fingerprint density at radius 3 is 2.46 bits per heavy atom. The van der Waals surface area contributed by atoms with E-state index < -0.39 is 0 Å². The highest BCUT2D eigenvalue weighted by Gasteiger charge is 2.27. The van der Waals surface area contributed by atoms with Crippen molar-refractivity contribution in [2.75, 3.05) is 43.5 Å². The summed E-state index contributed by atoms with van der Waals surface area (Å²) in [6.45, 7) is 4.25. The van der Waals surface area contributed by atoms with E-state index in [1.54, 1.807) is 31.2 Å². The number of piperazine rings is 1. The summed E-state index contributed by atoms with van der Waals surface area (Å²) in [5, 5.41) is 3.15. The molecule has 37 heavy (non-hydrogen) atoms. The Morgan fingerprint density at radius 2 is 1.73 bits per heavy atom. The van der Waals surface area contributed by atoms with E-state index in [0.717, 1.165) is 18.8 Å². The molecule has 0 spiro atoms. The average molecular weight is 518 g/mol. The number of carbonyl (C=O) groups is 2. The zero-order valence-electron chi connectivity index (χ0n) is 20.6. The summed E-state index contributed by atoms with van der Waals surface area (Å²) in [5.74, 6) is 0.0551. The smallest absolute Gasteiger partial charge is 0.264 e. The summed E-state index contributed by atoms with van der Waals surface area (Å²) in [4.78, 5) is 48.8. The van der Waals surface area contributed by atoms with Crippen molar-refractivity contribution in [1.82, 2.24) is 14.5 Å². The largest absolute Gasteiger partial charge is 0.495 e. The van der Waals surface area contributed by atoms with Crippen LogP contribution < -0.4 is 20.5 Å². The lowest BCUT2D eigenvalue weighted by Gasteiger charge is -2.36. The Morgan fingerprint density at radius 1 is 1.03 bits per heavy atom. The van der Waals surface area contributed by atoms with Gasteiger partial charge in [-0.2, -0.15) is 0 Å². The highest BCUT2D eigenvalue weighted by atomic mass is 32.1. The summed E-state index contributed by atoms with van der Waals surface area (Å²) < 4.78 is 6.53. The van der Waals surface area contributed by atoms with Gasteiger partial charge in [-0.15, -0.1) is 11.3 Å². The third kappa shape index (κ3) is 4.92. The van der Waals surface area contributed by atoms with Crippen LogP contribution in [-0.4, -0.2) is 59.6 Å². The van der Waals surface area contributed by atoms with Crippen LogP contribution in [0.15, 0.2) is 65.7 Å². The predicted octanol–water partition coefficient (Wildman–Crippen LogP) is 3.38. The van der Waals surface area contributed by atoms with Crippen LogP contribution in [0.2, 0.25) is 0 Å². The van der Waals surface area contributed by atoms with Crippen molar-refractivity contribution < 1.29 is 14.3 Å². The summed E-state index contributed by atoms with van der Waals surface area (Å²) in [6, 6.07) is 17.2. The van der Waals surface area contributed by atoms with Gasteiger partial charge in [0.1, 0.15) is 17.1 Å². The van der Waals surface area contributed by atoms with Gasteiger partial charge in [0.05, 0.1) is 29.4 Å². The highest BCUT2D eigenvalue weighted by molar-refractivity contribution is 7.20. The van der Waals surface area contributed by atoms with E-state index in [1.165, 1.54) is 29.3 Å². The number of anilines is 2. The van der Waals surface area contributed by atoms with Crippen molar-refractivity contribution in [3.05, 3.63) is 81.7 Å². The molecule has 190 valence electrons. The van der Waals surface area contributed by atoms with Crippen LogP contribution in [0.25, 0.3) is 10.2 Å². The van der Waals surface area contributed by atoms with Gasteiger partial charge in [-0.25, -0.2) is 4.98 Å². The molecule has 1 N–H and O–H groups in total. The minimum atomic E-state index is -0.381. The maximum Gasteiger partial charge on any atom is 0.264 e. The van der Waals surface area contributed by atoms with E-state index >= 15 is 0 Å². The van der Waals surface area contributed by atoms with Gasteiger partial charge in [-0.1, -0.05) is 30.3 Å². The van der Waals surface area contributed by atoms with Gasteiger partial charge in [0.2, 0.25) is 5.91 Å². The molecule has 1 saturated heterocycles. The summed E-state index contributed by atoms with van der Waals surface area (Å²) in [5.41, 5.74) is 1.92. The van der Waals surface area contributed by atoms with Gasteiger partial charge in [-0.05, 0) is 36.8 Å². The highest BCUT2D eigenvalue weighted by Crippen LogP contribution is 2.29. The lowest BCUT2D eigenvalue weighted by Crippen LogP contribution is -2.48. The van der Waals surface area contributed by atoms with E-state index in [4.69, 9.17) is 4.74 Å². The lowest BCUT2D eigenvalue weighted by atomic mass is 10.2. The number of aryl methyl sites for hydroxylation is 1. The molecule has 2 aromatic carbocycles. The normalized spacial score (nSPS) is 13.6. The van der Waals surface area contributed by atoms with Gasteiger partial charge in [-0.3, -0.25) is 19.0 Å². The second-order valence-electron chi connectivity index (χ2n) is 8.78. The van der Waals surface area contributed by atoms with Crippen LogP contribution in [-0.2, 0) is 11.3 Å². The molecule has 4 aromatic rings. The maximum absolute atomic E-state index is 13.4. The zero-order valence-corrected chi connectivity index (χ0v) is 21.5. The first-order chi connectivity index (χ1) is 18.0. The number of hydrogen-bond donors (Lipinski definition) is 1. The third-order valence-corrected chi connectivity index (χ3v) is 7.68. The van der Waals surface area contributed by atoms with E-state index in [0.29, 0.717) is 45.2 Å². The Hall–Kier alpha value is -4.18. The van der Waals surface area contributed by atoms with Crippen molar-refractivity contribution >= 4 is 44.7 Å². The van der Waals surface area contributed by atoms with E-state index in [2.05, 4.69) is 27.3 Å².